The number of halogens is 2. The number of nitrogens with one attached hydrogen (secondary N) is 1. The fourth-order valence-corrected chi connectivity index (χ4v) is 3.24. The highest BCUT2D eigenvalue weighted by atomic mass is 32.2. The Labute approximate surface area is 109 Å². The second kappa shape index (κ2) is 5.36. The van der Waals surface area contributed by atoms with Crippen LogP contribution in [0.25, 0.3) is 0 Å². The summed E-state index contributed by atoms with van der Waals surface area (Å²) < 4.78 is 52.6. The van der Waals surface area contributed by atoms with Gasteiger partial charge in [-0.15, -0.1) is 0 Å². The van der Waals surface area contributed by atoms with Gasteiger partial charge >= 0.3 is 0 Å². The Kier molecular flexibility index (Phi) is 3.98. The van der Waals surface area contributed by atoms with Gasteiger partial charge < -0.3 is 5.11 Å². The first kappa shape index (κ1) is 14.1. The van der Waals surface area contributed by atoms with Gasteiger partial charge in [0, 0.05) is 18.6 Å². The Morgan fingerprint density at radius 1 is 1.32 bits per heavy atom. The Morgan fingerprint density at radius 3 is 2.68 bits per heavy atom. The topological polar surface area (TPSA) is 66.4 Å². The van der Waals surface area contributed by atoms with Crippen LogP contribution in [0, 0.1) is 17.6 Å². The van der Waals surface area contributed by atoms with Gasteiger partial charge in [0.15, 0.2) is 11.6 Å². The molecule has 19 heavy (non-hydrogen) atoms. The SMILES string of the molecule is O=S(=O)(N[C@@H]1C=C[C@H](CO)C1)c1cccc(F)c1F. The molecule has 0 heterocycles. The molecule has 7 heteroatoms. The van der Waals surface area contributed by atoms with Crippen LogP contribution in [0.4, 0.5) is 8.78 Å². The van der Waals surface area contributed by atoms with Crippen molar-refractivity contribution < 1.29 is 22.3 Å². The first-order chi connectivity index (χ1) is 8.94. The third kappa shape index (κ3) is 2.99. The molecule has 0 saturated carbocycles. The zero-order valence-corrected chi connectivity index (χ0v) is 10.7. The number of rotatable bonds is 4. The van der Waals surface area contributed by atoms with E-state index in [1.54, 1.807) is 12.2 Å². The molecule has 2 rings (SSSR count). The molecule has 104 valence electrons. The average molecular weight is 289 g/mol. The first-order valence-electron chi connectivity index (χ1n) is 5.69. The predicted octanol–water partition coefficient (Wildman–Crippen LogP) is 1.18. The standard InChI is InChI=1S/C12H13F2NO3S/c13-10-2-1-3-11(12(10)14)19(17,18)15-9-5-4-8(6-9)7-16/h1-5,8-9,15-16H,6-7H2/t8-,9+/m0/s1. The third-order valence-electron chi connectivity index (χ3n) is 2.92. The minimum atomic E-state index is -4.13. The van der Waals surface area contributed by atoms with Gasteiger partial charge in [0.05, 0.1) is 0 Å². The maximum Gasteiger partial charge on any atom is 0.244 e. The molecule has 0 bridgehead atoms. The highest BCUT2D eigenvalue weighted by Crippen LogP contribution is 2.21. The summed E-state index contributed by atoms with van der Waals surface area (Å²) in [7, 11) is -4.13. The van der Waals surface area contributed by atoms with E-state index in [1.165, 1.54) is 0 Å². The predicted molar refractivity (Wildman–Crippen MR) is 64.8 cm³/mol. The van der Waals surface area contributed by atoms with Crippen LogP contribution in [0.2, 0.25) is 0 Å². The smallest absolute Gasteiger partial charge is 0.244 e. The third-order valence-corrected chi connectivity index (χ3v) is 4.43. The number of benzene rings is 1. The second-order valence-electron chi connectivity index (χ2n) is 4.34. The van der Waals surface area contributed by atoms with Crippen molar-refractivity contribution in [3.8, 4) is 0 Å². The van der Waals surface area contributed by atoms with Crippen molar-refractivity contribution in [1.29, 1.82) is 0 Å². The van der Waals surface area contributed by atoms with Crippen molar-refractivity contribution >= 4 is 10.0 Å². The van der Waals surface area contributed by atoms with Crippen LogP contribution >= 0.6 is 0 Å². The van der Waals surface area contributed by atoms with Crippen molar-refractivity contribution in [2.45, 2.75) is 17.4 Å². The summed E-state index contributed by atoms with van der Waals surface area (Å²) in [6.45, 7) is -0.0803. The highest BCUT2D eigenvalue weighted by molar-refractivity contribution is 7.89. The maximum absolute atomic E-state index is 13.5. The summed E-state index contributed by atoms with van der Waals surface area (Å²) in [4.78, 5) is -0.714. The van der Waals surface area contributed by atoms with Gasteiger partial charge in [-0.3, -0.25) is 0 Å². The van der Waals surface area contributed by atoms with Crippen LogP contribution in [0.15, 0.2) is 35.2 Å². The van der Waals surface area contributed by atoms with Crippen LogP contribution in [0.1, 0.15) is 6.42 Å². The van der Waals surface area contributed by atoms with Crippen LogP contribution < -0.4 is 4.72 Å². The summed E-state index contributed by atoms with van der Waals surface area (Å²) in [5.74, 6) is -2.72. The van der Waals surface area contributed by atoms with E-state index >= 15 is 0 Å². The number of aliphatic hydroxyl groups excluding tert-OH is 1. The molecule has 2 atom stereocenters. The van der Waals surface area contributed by atoms with Gasteiger partial charge in [-0.25, -0.2) is 21.9 Å². The van der Waals surface area contributed by atoms with Crippen molar-refractivity contribution in [1.82, 2.24) is 4.72 Å². The Hall–Kier alpha value is -1.31. The summed E-state index contributed by atoms with van der Waals surface area (Å²) in [6, 6.07) is 2.47. The lowest BCUT2D eigenvalue weighted by Crippen LogP contribution is -2.33. The van der Waals surface area contributed by atoms with Crippen molar-refractivity contribution in [3.63, 3.8) is 0 Å². The van der Waals surface area contributed by atoms with E-state index in [1.807, 2.05) is 0 Å². The monoisotopic (exact) mass is 289 g/mol. The van der Waals surface area contributed by atoms with Crippen LogP contribution in [0.3, 0.4) is 0 Å². The van der Waals surface area contributed by atoms with Gasteiger partial charge in [0.1, 0.15) is 4.90 Å². The lowest BCUT2D eigenvalue weighted by atomic mass is 10.1. The first-order valence-corrected chi connectivity index (χ1v) is 7.18. The molecule has 0 aromatic heterocycles. The van der Waals surface area contributed by atoms with E-state index in [4.69, 9.17) is 5.11 Å². The van der Waals surface area contributed by atoms with Gasteiger partial charge in [0.25, 0.3) is 0 Å². The molecule has 0 amide bonds. The molecule has 0 spiro atoms. The number of sulfonamides is 1. The summed E-state index contributed by atoms with van der Waals surface area (Å²) >= 11 is 0. The van der Waals surface area contributed by atoms with Gasteiger partial charge in [-0.2, -0.15) is 0 Å². The number of hydrogen-bond donors (Lipinski definition) is 2. The van der Waals surface area contributed by atoms with Crippen molar-refractivity contribution in [3.05, 3.63) is 42.0 Å². The van der Waals surface area contributed by atoms with E-state index in [0.717, 1.165) is 18.2 Å². The normalized spacial score (nSPS) is 22.9. The minimum Gasteiger partial charge on any atom is -0.396 e. The second-order valence-corrected chi connectivity index (χ2v) is 6.03. The largest absolute Gasteiger partial charge is 0.396 e. The quantitative estimate of drug-likeness (QED) is 0.818. The summed E-state index contributed by atoms with van der Waals surface area (Å²) in [6.07, 6.45) is 3.68. The molecule has 0 radical (unpaired) electrons. The van der Waals surface area contributed by atoms with Crippen molar-refractivity contribution in [2.24, 2.45) is 5.92 Å². The molecule has 0 unspecified atom stereocenters. The van der Waals surface area contributed by atoms with Crippen LogP contribution in [0.5, 0.6) is 0 Å². The highest BCUT2D eigenvalue weighted by Gasteiger charge is 2.27. The number of aliphatic hydroxyl groups is 1. The summed E-state index contributed by atoms with van der Waals surface area (Å²) in [5, 5.41) is 8.94. The van der Waals surface area contributed by atoms with E-state index < -0.39 is 32.6 Å². The van der Waals surface area contributed by atoms with Crippen LogP contribution in [-0.4, -0.2) is 26.2 Å². The zero-order chi connectivity index (χ0) is 14.0. The van der Waals surface area contributed by atoms with Gasteiger partial charge in [-0.1, -0.05) is 18.2 Å². The average Bonchev–Trinajstić information content (AvgIpc) is 2.79. The minimum absolute atomic E-state index is 0.0803. The van der Waals surface area contributed by atoms with E-state index in [0.29, 0.717) is 6.42 Å². The van der Waals surface area contributed by atoms with Gasteiger partial charge in [0.2, 0.25) is 10.0 Å². The molecule has 4 nitrogen and oxygen atoms in total. The Balaban J connectivity index is 2.20. The Bertz CT molecular complexity index is 601. The maximum atomic E-state index is 13.5. The molecular formula is C12H13F2NO3S. The van der Waals surface area contributed by atoms with E-state index in [9.17, 15) is 17.2 Å². The summed E-state index contributed by atoms with van der Waals surface area (Å²) in [5.41, 5.74) is 0. The van der Waals surface area contributed by atoms with E-state index in [-0.39, 0.29) is 12.5 Å². The van der Waals surface area contributed by atoms with E-state index in [2.05, 4.69) is 4.72 Å². The lowest BCUT2D eigenvalue weighted by Gasteiger charge is -2.13. The molecule has 0 saturated heterocycles. The molecule has 1 aromatic rings. The molecule has 0 aliphatic heterocycles. The van der Waals surface area contributed by atoms with Crippen LogP contribution in [-0.2, 0) is 10.0 Å². The number of hydrogen-bond acceptors (Lipinski definition) is 3. The zero-order valence-electron chi connectivity index (χ0n) is 9.88. The molecular weight excluding hydrogens is 276 g/mol. The lowest BCUT2D eigenvalue weighted by molar-refractivity contribution is 0.248. The molecule has 1 aliphatic rings. The van der Waals surface area contributed by atoms with Crippen molar-refractivity contribution in [2.75, 3.05) is 6.61 Å². The van der Waals surface area contributed by atoms with Gasteiger partial charge in [-0.05, 0) is 18.6 Å². The molecule has 0 fully saturated rings. The fraction of sp³-hybridized carbons (Fsp3) is 0.333. The molecule has 1 aromatic carbocycles. The Morgan fingerprint density at radius 2 is 2.05 bits per heavy atom. The fourth-order valence-electron chi connectivity index (χ4n) is 1.95. The molecule has 1 aliphatic carbocycles. The molecule has 2 N–H and O–H groups in total.